The van der Waals surface area contributed by atoms with E-state index in [1.165, 1.54) is 5.56 Å². The smallest absolute Gasteiger partial charge is 0.231 e. The molecule has 0 unspecified atom stereocenters. The number of benzene rings is 2. The van der Waals surface area contributed by atoms with Gasteiger partial charge in [0, 0.05) is 5.75 Å². The Labute approximate surface area is 105 Å². The lowest BCUT2D eigenvalue weighted by molar-refractivity contribution is 0.172. The quantitative estimate of drug-likeness (QED) is 0.767. The van der Waals surface area contributed by atoms with Crippen molar-refractivity contribution >= 4 is 11.8 Å². The van der Waals surface area contributed by atoms with Gasteiger partial charge in [0.1, 0.15) is 0 Å². The summed E-state index contributed by atoms with van der Waals surface area (Å²) in [5, 5.41) is 0. The molecule has 0 aromatic heterocycles. The van der Waals surface area contributed by atoms with Gasteiger partial charge in [-0.2, -0.15) is 0 Å². The van der Waals surface area contributed by atoms with Crippen LogP contribution < -0.4 is 9.47 Å². The van der Waals surface area contributed by atoms with Crippen LogP contribution in [0.1, 0.15) is 5.56 Å². The summed E-state index contributed by atoms with van der Waals surface area (Å²) in [6.07, 6.45) is 0. The largest absolute Gasteiger partial charge is 0.454 e. The van der Waals surface area contributed by atoms with E-state index >= 15 is 0 Å². The number of fused-ring (bicyclic) bond motifs is 1. The fraction of sp³-hybridized carbons (Fsp3) is 0.143. The number of hydrogen-bond donors (Lipinski definition) is 0. The van der Waals surface area contributed by atoms with E-state index in [2.05, 4.69) is 30.3 Å². The summed E-state index contributed by atoms with van der Waals surface area (Å²) >= 11 is 1.77. The zero-order valence-corrected chi connectivity index (χ0v) is 10.1. The highest BCUT2D eigenvalue weighted by atomic mass is 32.2. The Balaban J connectivity index is 1.76. The molecule has 0 bridgehead atoms. The van der Waals surface area contributed by atoms with E-state index < -0.39 is 0 Å². The van der Waals surface area contributed by atoms with Crippen LogP contribution in [-0.2, 0) is 5.75 Å². The lowest BCUT2D eigenvalue weighted by Crippen LogP contribution is -1.93. The summed E-state index contributed by atoms with van der Waals surface area (Å²) in [5.41, 5.74) is 1.31. The molecule has 0 amide bonds. The van der Waals surface area contributed by atoms with Crippen LogP contribution in [0.3, 0.4) is 0 Å². The Hall–Kier alpha value is -1.61. The third-order valence-electron chi connectivity index (χ3n) is 2.60. The first-order valence-electron chi connectivity index (χ1n) is 5.49. The molecule has 0 fully saturated rings. The highest BCUT2D eigenvalue weighted by Crippen LogP contribution is 2.41. The second-order valence-electron chi connectivity index (χ2n) is 3.76. The molecule has 1 aliphatic heterocycles. The maximum atomic E-state index is 5.47. The summed E-state index contributed by atoms with van der Waals surface area (Å²) in [5.74, 6) is 2.68. The predicted octanol–water partition coefficient (Wildman–Crippen LogP) is 3.71. The minimum Gasteiger partial charge on any atom is -0.454 e. The van der Waals surface area contributed by atoms with Crippen molar-refractivity contribution in [2.24, 2.45) is 0 Å². The molecule has 0 saturated heterocycles. The molecule has 0 aliphatic carbocycles. The summed E-state index contributed by atoms with van der Waals surface area (Å²) in [6, 6.07) is 16.4. The second kappa shape index (κ2) is 4.72. The molecule has 1 heterocycles. The van der Waals surface area contributed by atoms with Crippen LogP contribution in [0.4, 0.5) is 0 Å². The Bertz CT molecular complexity index is 511. The molecule has 0 atom stereocenters. The van der Waals surface area contributed by atoms with Gasteiger partial charge in [-0.1, -0.05) is 36.4 Å². The normalized spacial score (nSPS) is 12.7. The summed E-state index contributed by atoms with van der Waals surface area (Å²) in [6.45, 7) is 0.332. The van der Waals surface area contributed by atoms with Crippen LogP contribution >= 0.6 is 11.8 Å². The minimum absolute atomic E-state index is 0.332. The van der Waals surface area contributed by atoms with Crippen molar-refractivity contribution in [3.8, 4) is 11.5 Å². The van der Waals surface area contributed by atoms with Gasteiger partial charge in [0.25, 0.3) is 0 Å². The van der Waals surface area contributed by atoms with Crippen LogP contribution in [0.2, 0.25) is 0 Å². The van der Waals surface area contributed by atoms with E-state index in [0.29, 0.717) is 6.79 Å². The van der Waals surface area contributed by atoms with Crippen molar-refractivity contribution in [2.45, 2.75) is 10.6 Å². The standard InChI is InChI=1S/C14H12O2S/c1-2-5-11(6-3-1)9-17-13-8-4-7-12-14(13)16-10-15-12/h1-8H,9-10H2. The fourth-order valence-corrected chi connectivity index (χ4v) is 2.73. The topological polar surface area (TPSA) is 18.5 Å². The Morgan fingerprint density at radius 2 is 1.82 bits per heavy atom. The van der Waals surface area contributed by atoms with Crippen molar-refractivity contribution < 1.29 is 9.47 Å². The van der Waals surface area contributed by atoms with E-state index in [1.807, 2.05) is 18.2 Å². The molecule has 17 heavy (non-hydrogen) atoms. The maximum absolute atomic E-state index is 5.47. The number of para-hydroxylation sites is 1. The summed E-state index contributed by atoms with van der Waals surface area (Å²) in [4.78, 5) is 1.14. The molecule has 0 saturated carbocycles. The first-order chi connectivity index (χ1) is 8.43. The maximum Gasteiger partial charge on any atom is 0.231 e. The lowest BCUT2D eigenvalue weighted by atomic mass is 10.2. The molecule has 0 radical (unpaired) electrons. The number of ether oxygens (including phenoxy) is 2. The van der Waals surface area contributed by atoms with Gasteiger partial charge in [0.15, 0.2) is 11.5 Å². The third kappa shape index (κ3) is 2.24. The highest BCUT2D eigenvalue weighted by molar-refractivity contribution is 7.98. The van der Waals surface area contributed by atoms with Crippen molar-refractivity contribution in [3.63, 3.8) is 0 Å². The van der Waals surface area contributed by atoms with Gasteiger partial charge >= 0.3 is 0 Å². The zero-order valence-electron chi connectivity index (χ0n) is 9.26. The summed E-state index contributed by atoms with van der Waals surface area (Å²) < 4.78 is 10.8. The van der Waals surface area contributed by atoms with E-state index in [0.717, 1.165) is 22.1 Å². The van der Waals surface area contributed by atoms with Crippen LogP contribution in [-0.4, -0.2) is 6.79 Å². The average molecular weight is 244 g/mol. The number of rotatable bonds is 3. The van der Waals surface area contributed by atoms with Gasteiger partial charge < -0.3 is 9.47 Å². The third-order valence-corrected chi connectivity index (χ3v) is 3.71. The fourth-order valence-electron chi connectivity index (χ4n) is 1.75. The molecular weight excluding hydrogens is 232 g/mol. The van der Waals surface area contributed by atoms with Gasteiger partial charge in [-0.05, 0) is 17.7 Å². The SMILES string of the molecule is c1ccc(CSc2cccc3c2OCO3)cc1. The Kier molecular flexibility index (Phi) is 2.92. The monoisotopic (exact) mass is 244 g/mol. The van der Waals surface area contributed by atoms with Crippen LogP contribution in [0.25, 0.3) is 0 Å². The van der Waals surface area contributed by atoms with E-state index in [4.69, 9.17) is 9.47 Å². The van der Waals surface area contributed by atoms with E-state index in [9.17, 15) is 0 Å². The lowest BCUT2D eigenvalue weighted by Gasteiger charge is -2.05. The zero-order chi connectivity index (χ0) is 11.5. The average Bonchev–Trinajstić information content (AvgIpc) is 2.86. The molecule has 0 N–H and O–H groups in total. The molecule has 2 aromatic carbocycles. The molecular formula is C14H12O2S. The van der Waals surface area contributed by atoms with Gasteiger partial charge in [0.05, 0.1) is 4.90 Å². The molecule has 2 aromatic rings. The van der Waals surface area contributed by atoms with Crippen molar-refractivity contribution in [1.82, 2.24) is 0 Å². The van der Waals surface area contributed by atoms with E-state index in [1.54, 1.807) is 11.8 Å². The van der Waals surface area contributed by atoms with Crippen molar-refractivity contribution in [2.75, 3.05) is 6.79 Å². The van der Waals surface area contributed by atoms with Crippen molar-refractivity contribution in [1.29, 1.82) is 0 Å². The van der Waals surface area contributed by atoms with Crippen LogP contribution in [0.15, 0.2) is 53.4 Å². The number of thioether (sulfide) groups is 1. The highest BCUT2D eigenvalue weighted by Gasteiger charge is 2.17. The first-order valence-corrected chi connectivity index (χ1v) is 6.47. The van der Waals surface area contributed by atoms with Gasteiger partial charge in [-0.15, -0.1) is 11.8 Å². The second-order valence-corrected chi connectivity index (χ2v) is 4.78. The summed E-state index contributed by atoms with van der Waals surface area (Å²) in [7, 11) is 0. The molecule has 2 nitrogen and oxygen atoms in total. The molecule has 3 heteroatoms. The van der Waals surface area contributed by atoms with Gasteiger partial charge in [0.2, 0.25) is 6.79 Å². The molecule has 3 rings (SSSR count). The van der Waals surface area contributed by atoms with Crippen LogP contribution in [0.5, 0.6) is 11.5 Å². The minimum atomic E-state index is 0.332. The Morgan fingerprint density at radius 1 is 0.941 bits per heavy atom. The van der Waals surface area contributed by atoms with E-state index in [-0.39, 0.29) is 0 Å². The predicted molar refractivity (Wildman–Crippen MR) is 68.6 cm³/mol. The molecule has 86 valence electrons. The molecule has 1 aliphatic rings. The Morgan fingerprint density at radius 3 is 2.71 bits per heavy atom. The van der Waals surface area contributed by atoms with Crippen LogP contribution in [0, 0.1) is 0 Å². The van der Waals surface area contributed by atoms with Gasteiger partial charge in [-0.25, -0.2) is 0 Å². The first kappa shape index (κ1) is 10.5. The van der Waals surface area contributed by atoms with Gasteiger partial charge in [-0.3, -0.25) is 0 Å². The number of hydrogen-bond acceptors (Lipinski definition) is 3. The van der Waals surface area contributed by atoms with Crippen molar-refractivity contribution in [3.05, 3.63) is 54.1 Å². The molecule has 0 spiro atoms.